The van der Waals surface area contributed by atoms with E-state index in [9.17, 15) is 10.0 Å². The molecule has 7 nitrogen and oxygen atoms in total. The Morgan fingerprint density at radius 3 is 2.97 bits per heavy atom. The second-order valence-corrected chi connectivity index (χ2v) is 9.94. The number of aromatic nitrogens is 2. The summed E-state index contributed by atoms with van der Waals surface area (Å²) >= 11 is 14.5. The summed E-state index contributed by atoms with van der Waals surface area (Å²) in [5, 5.41) is 22.9. The van der Waals surface area contributed by atoms with Crippen molar-refractivity contribution in [1.82, 2.24) is 19.7 Å². The summed E-state index contributed by atoms with van der Waals surface area (Å²) < 4.78 is 4.77. The fourth-order valence-electron chi connectivity index (χ4n) is 2.85. The number of ether oxygens (including phenoxy) is 1. The molecule has 1 aromatic carbocycles. The maximum atomic E-state index is 13.5. The first kappa shape index (κ1) is 22.5. The maximum absolute atomic E-state index is 13.5. The van der Waals surface area contributed by atoms with Gasteiger partial charge in [0, 0.05) is 11.3 Å². The SMILES string of the molecule is C=CCc1nnc([N+]2([O-])CN(C)CC2OC(=O)C(C)Sc2ccc(Cl)c(Cl)c2)s1. The average Bonchev–Trinajstić information content (AvgIpc) is 3.24. The van der Waals surface area contributed by atoms with E-state index >= 15 is 0 Å². The zero-order chi connectivity index (χ0) is 21.2. The van der Waals surface area contributed by atoms with Gasteiger partial charge in [-0.3, -0.25) is 9.44 Å². The van der Waals surface area contributed by atoms with Gasteiger partial charge in [0.2, 0.25) is 0 Å². The number of allylic oxidation sites excluding steroid dienone is 1. The second-order valence-electron chi connectivity index (χ2n) is 6.67. The van der Waals surface area contributed by atoms with E-state index in [1.54, 1.807) is 38.2 Å². The van der Waals surface area contributed by atoms with Crippen LogP contribution < -0.4 is 4.65 Å². The van der Waals surface area contributed by atoms with Crippen molar-refractivity contribution in [2.24, 2.45) is 0 Å². The normalized spacial score (nSPS) is 23.1. The van der Waals surface area contributed by atoms with E-state index in [0.29, 0.717) is 28.0 Å². The first-order valence-electron chi connectivity index (χ1n) is 8.76. The standard InChI is InChI=1S/C18H20Cl2N4O3S2/c1-4-5-15-21-22-18(29-15)24(26)10-23(3)9-16(24)27-17(25)11(2)28-12-6-7-13(19)14(20)8-12/h4,6-8,11,16H,1,5,9-10H2,2-3H3. The summed E-state index contributed by atoms with van der Waals surface area (Å²) in [7, 11) is 1.80. The number of hydrogen-bond acceptors (Lipinski definition) is 8. The van der Waals surface area contributed by atoms with E-state index < -0.39 is 22.1 Å². The van der Waals surface area contributed by atoms with Gasteiger partial charge in [-0.05, 0) is 43.5 Å². The lowest BCUT2D eigenvalue weighted by molar-refractivity contribution is -0.152. The number of quaternary nitrogens is 1. The molecule has 1 aliphatic heterocycles. The molecule has 1 saturated heterocycles. The van der Waals surface area contributed by atoms with Crippen molar-refractivity contribution >= 4 is 57.4 Å². The van der Waals surface area contributed by atoms with E-state index in [1.807, 2.05) is 4.90 Å². The molecule has 0 N–H and O–H groups in total. The van der Waals surface area contributed by atoms with Crippen molar-refractivity contribution in [3.63, 3.8) is 0 Å². The molecule has 0 bridgehead atoms. The van der Waals surface area contributed by atoms with Gasteiger partial charge < -0.3 is 9.94 Å². The first-order valence-corrected chi connectivity index (χ1v) is 11.2. The molecule has 3 atom stereocenters. The largest absolute Gasteiger partial charge is 0.622 e. The fourth-order valence-corrected chi connectivity index (χ4v) is 5.01. The number of hydrogen-bond donors (Lipinski definition) is 0. The van der Waals surface area contributed by atoms with Crippen LogP contribution in [0.2, 0.25) is 10.0 Å². The predicted octanol–water partition coefficient (Wildman–Crippen LogP) is 4.33. The van der Waals surface area contributed by atoms with Gasteiger partial charge in [0.1, 0.15) is 16.9 Å². The monoisotopic (exact) mass is 474 g/mol. The Morgan fingerprint density at radius 2 is 2.28 bits per heavy atom. The Bertz CT molecular complexity index is 913. The molecule has 1 fully saturated rings. The lowest BCUT2D eigenvalue weighted by atomic mass is 10.4. The van der Waals surface area contributed by atoms with Gasteiger partial charge in [-0.15, -0.1) is 23.4 Å². The maximum Gasteiger partial charge on any atom is 0.323 e. The number of thioether (sulfide) groups is 1. The number of benzene rings is 1. The summed E-state index contributed by atoms with van der Waals surface area (Å²) in [5.41, 5.74) is 0. The van der Waals surface area contributed by atoms with Crippen LogP contribution in [-0.2, 0) is 16.0 Å². The molecule has 0 saturated carbocycles. The molecule has 3 rings (SSSR count). The molecule has 0 aliphatic carbocycles. The molecule has 29 heavy (non-hydrogen) atoms. The van der Waals surface area contributed by atoms with E-state index in [1.165, 1.54) is 23.1 Å². The minimum absolute atomic E-state index is 0.134. The molecule has 11 heteroatoms. The zero-order valence-corrected chi connectivity index (χ0v) is 19.0. The molecule has 0 radical (unpaired) electrons. The summed E-state index contributed by atoms with van der Waals surface area (Å²) in [5.74, 6) is -0.476. The Balaban J connectivity index is 1.71. The number of halogens is 2. The third-order valence-electron chi connectivity index (χ3n) is 4.27. The summed E-state index contributed by atoms with van der Waals surface area (Å²) in [6.07, 6.45) is 1.33. The minimum Gasteiger partial charge on any atom is -0.622 e. The highest BCUT2D eigenvalue weighted by Gasteiger charge is 2.45. The van der Waals surface area contributed by atoms with Crippen LogP contribution in [0.4, 0.5) is 5.13 Å². The smallest absolute Gasteiger partial charge is 0.323 e. The molecule has 0 spiro atoms. The molecule has 156 valence electrons. The summed E-state index contributed by atoms with van der Waals surface area (Å²) in [6.45, 7) is 5.84. The van der Waals surface area contributed by atoms with Gasteiger partial charge in [-0.1, -0.05) is 34.4 Å². The van der Waals surface area contributed by atoms with Crippen molar-refractivity contribution < 1.29 is 9.53 Å². The van der Waals surface area contributed by atoms with Crippen molar-refractivity contribution in [2.75, 3.05) is 20.3 Å². The van der Waals surface area contributed by atoms with Crippen molar-refractivity contribution in [3.8, 4) is 0 Å². The van der Waals surface area contributed by atoms with Gasteiger partial charge in [0.25, 0.3) is 6.23 Å². The van der Waals surface area contributed by atoms with Crippen LogP contribution in [0.3, 0.4) is 0 Å². The van der Waals surface area contributed by atoms with E-state index in [4.69, 9.17) is 27.9 Å². The lowest BCUT2D eigenvalue weighted by Gasteiger charge is -2.38. The number of nitrogens with zero attached hydrogens (tertiary/aromatic N) is 4. The van der Waals surface area contributed by atoms with Crippen LogP contribution >= 0.6 is 46.3 Å². The highest BCUT2D eigenvalue weighted by Crippen LogP contribution is 2.35. The Hall–Kier alpha value is -1.20. The lowest BCUT2D eigenvalue weighted by Crippen LogP contribution is -2.51. The van der Waals surface area contributed by atoms with Crippen LogP contribution in [0.1, 0.15) is 11.9 Å². The zero-order valence-electron chi connectivity index (χ0n) is 15.9. The average molecular weight is 475 g/mol. The number of carbonyl (C=O) groups excluding carboxylic acids is 1. The van der Waals surface area contributed by atoms with Gasteiger partial charge >= 0.3 is 11.1 Å². The minimum atomic E-state index is -0.908. The van der Waals surface area contributed by atoms with Gasteiger partial charge in [-0.2, -0.15) is 0 Å². The molecule has 2 heterocycles. The van der Waals surface area contributed by atoms with Crippen LogP contribution in [0.25, 0.3) is 0 Å². The topological polar surface area (TPSA) is 78.4 Å². The van der Waals surface area contributed by atoms with E-state index in [0.717, 1.165) is 4.90 Å². The quantitative estimate of drug-likeness (QED) is 0.194. The first-order chi connectivity index (χ1) is 13.7. The van der Waals surface area contributed by atoms with Crippen LogP contribution in [-0.4, -0.2) is 52.8 Å². The van der Waals surface area contributed by atoms with Gasteiger partial charge in [0.15, 0.2) is 0 Å². The number of hydroxylamine groups is 2. The number of esters is 1. The third-order valence-corrected chi connectivity index (χ3v) is 7.14. The number of likely N-dealkylation sites (N-methyl/N-ethyl adjacent to an activating group) is 1. The molecule has 1 aliphatic rings. The van der Waals surface area contributed by atoms with Crippen LogP contribution in [0, 0.1) is 5.21 Å². The molecule has 3 unspecified atom stereocenters. The molecular weight excluding hydrogens is 455 g/mol. The highest BCUT2D eigenvalue weighted by molar-refractivity contribution is 8.00. The molecular formula is C18H20Cl2N4O3S2. The van der Waals surface area contributed by atoms with Gasteiger partial charge in [0.05, 0.1) is 16.6 Å². The highest BCUT2D eigenvalue weighted by atomic mass is 35.5. The fraction of sp³-hybridized carbons (Fsp3) is 0.389. The Kier molecular flexibility index (Phi) is 7.21. The molecule has 2 aromatic rings. The second kappa shape index (κ2) is 9.30. The number of carbonyl (C=O) groups is 1. The van der Waals surface area contributed by atoms with Crippen molar-refractivity contribution in [3.05, 3.63) is 51.1 Å². The van der Waals surface area contributed by atoms with Crippen LogP contribution in [0.15, 0.2) is 35.7 Å². The van der Waals surface area contributed by atoms with Crippen molar-refractivity contribution in [1.29, 1.82) is 0 Å². The van der Waals surface area contributed by atoms with Crippen LogP contribution in [0.5, 0.6) is 0 Å². The van der Waals surface area contributed by atoms with Crippen molar-refractivity contribution in [2.45, 2.75) is 29.7 Å². The number of rotatable bonds is 7. The Labute approximate surface area is 187 Å². The summed E-state index contributed by atoms with van der Waals surface area (Å²) in [4.78, 5) is 15.3. The predicted molar refractivity (Wildman–Crippen MR) is 118 cm³/mol. The summed E-state index contributed by atoms with van der Waals surface area (Å²) in [6, 6.07) is 5.15. The molecule has 1 aromatic heterocycles. The third kappa shape index (κ3) is 5.11. The van der Waals surface area contributed by atoms with Gasteiger partial charge in [-0.25, -0.2) is 4.90 Å². The van der Waals surface area contributed by atoms with E-state index in [2.05, 4.69) is 16.8 Å². The molecule has 0 amide bonds. The Morgan fingerprint density at radius 1 is 1.52 bits per heavy atom. The van der Waals surface area contributed by atoms with E-state index in [-0.39, 0.29) is 11.8 Å².